The second kappa shape index (κ2) is 7.60. The number of aliphatic hydroxyl groups excluding tert-OH is 1. The highest BCUT2D eigenvalue weighted by molar-refractivity contribution is 5.84. The first-order valence-corrected chi connectivity index (χ1v) is 9.82. The largest absolute Gasteiger partial charge is 0.391 e. The molecule has 28 heavy (non-hydrogen) atoms. The predicted octanol–water partition coefficient (Wildman–Crippen LogP) is 2.77. The summed E-state index contributed by atoms with van der Waals surface area (Å²) in [6, 6.07) is 12.3. The molecule has 6 heteroatoms. The van der Waals surface area contributed by atoms with Gasteiger partial charge >= 0.3 is 0 Å². The summed E-state index contributed by atoms with van der Waals surface area (Å²) < 4.78 is 14.0. The van der Waals surface area contributed by atoms with Crippen LogP contribution in [0, 0.1) is 11.2 Å². The number of carbonyl (C=O) groups excluding carboxylic acids is 1. The molecule has 0 bridgehead atoms. The van der Waals surface area contributed by atoms with Crippen molar-refractivity contribution < 1.29 is 14.3 Å². The molecule has 5 nitrogen and oxygen atoms in total. The summed E-state index contributed by atoms with van der Waals surface area (Å²) in [4.78, 5) is 21.3. The number of piperidine rings is 2. The highest BCUT2D eigenvalue weighted by Crippen LogP contribution is 2.45. The molecular formula is C22H26FN3O2. The van der Waals surface area contributed by atoms with E-state index in [4.69, 9.17) is 0 Å². The Hall–Kier alpha value is -2.31. The second-order valence-corrected chi connectivity index (χ2v) is 8.07. The molecule has 148 valence electrons. The van der Waals surface area contributed by atoms with Crippen LogP contribution in [0.3, 0.4) is 0 Å². The van der Waals surface area contributed by atoms with Crippen molar-refractivity contribution in [1.82, 2.24) is 14.8 Å². The maximum absolute atomic E-state index is 14.0. The fraction of sp³-hybridized carbons (Fsp3) is 0.455. The molecule has 1 aromatic carbocycles. The van der Waals surface area contributed by atoms with Crippen molar-refractivity contribution in [2.45, 2.75) is 38.0 Å². The molecule has 0 aliphatic carbocycles. The van der Waals surface area contributed by atoms with Gasteiger partial charge in [0.15, 0.2) is 0 Å². The van der Waals surface area contributed by atoms with Crippen molar-refractivity contribution in [2.24, 2.45) is 5.41 Å². The van der Waals surface area contributed by atoms with Gasteiger partial charge in [0.2, 0.25) is 5.91 Å². The third-order valence-corrected chi connectivity index (χ3v) is 6.16. The first kappa shape index (κ1) is 19.0. The minimum Gasteiger partial charge on any atom is -0.391 e. The molecule has 4 rings (SSSR count). The van der Waals surface area contributed by atoms with E-state index in [1.54, 1.807) is 24.2 Å². The van der Waals surface area contributed by atoms with Crippen LogP contribution in [0.4, 0.5) is 4.39 Å². The van der Waals surface area contributed by atoms with E-state index in [2.05, 4.69) is 9.88 Å². The lowest BCUT2D eigenvalue weighted by Gasteiger charge is -2.51. The summed E-state index contributed by atoms with van der Waals surface area (Å²) in [7, 11) is 1.78. The van der Waals surface area contributed by atoms with Gasteiger partial charge in [0, 0.05) is 26.3 Å². The van der Waals surface area contributed by atoms with Crippen LogP contribution in [0.15, 0.2) is 48.7 Å². The smallest absolute Gasteiger partial charge is 0.230 e. The molecule has 0 saturated carbocycles. The third-order valence-electron chi connectivity index (χ3n) is 6.16. The topological polar surface area (TPSA) is 56.7 Å². The van der Waals surface area contributed by atoms with Crippen LogP contribution in [0.2, 0.25) is 0 Å². The Bertz CT molecular complexity index is 847. The average Bonchev–Trinajstić information content (AvgIpc) is 2.69. The van der Waals surface area contributed by atoms with E-state index in [0.717, 1.165) is 24.9 Å². The Morgan fingerprint density at radius 3 is 2.79 bits per heavy atom. The summed E-state index contributed by atoms with van der Waals surface area (Å²) >= 11 is 0. The van der Waals surface area contributed by atoms with Gasteiger partial charge in [-0.25, -0.2) is 4.39 Å². The number of pyridine rings is 1. The average molecular weight is 383 g/mol. The Labute approximate surface area is 164 Å². The molecule has 2 fully saturated rings. The van der Waals surface area contributed by atoms with Crippen LogP contribution in [-0.4, -0.2) is 52.0 Å². The molecule has 2 aromatic rings. The van der Waals surface area contributed by atoms with Crippen LogP contribution in [-0.2, 0) is 11.3 Å². The van der Waals surface area contributed by atoms with E-state index in [-0.39, 0.29) is 17.8 Å². The van der Waals surface area contributed by atoms with Gasteiger partial charge < -0.3 is 10.0 Å². The van der Waals surface area contributed by atoms with Crippen molar-refractivity contribution in [3.63, 3.8) is 0 Å². The molecular weight excluding hydrogens is 357 g/mol. The molecule has 1 N–H and O–H groups in total. The van der Waals surface area contributed by atoms with Crippen molar-refractivity contribution >= 4 is 5.91 Å². The van der Waals surface area contributed by atoms with E-state index in [9.17, 15) is 14.3 Å². The number of likely N-dealkylation sites (N-methyl/N-ethyl adjacent to an activating group) is 1. The van der Waals surface area contributed by atoms with Crippen LogP contribution in [0.5, 0.6) is 0 Å². The van der Waals surface area contributed by atoms with Gasteiger partial charge in [-0.1, -0.05) is 30.3 Å². The van der Waals surface area contributed by atoms with Crippen molar-refractivity contribution in [2.75, 3.05) is 20.1 Å². The molecule has 3 atom stereocenters. The highest BCUT2D eigenvalue weighted by Gasteiger charge is 2.51. The number of likely N-dealkylation sites (tertiary alicyclic amines) is 2. The summed E-state index contributed by atoms with van der Waals surface area (Å²) in [5, 5.41) is 11.0. The van der Waals surface area contributed by atoms with E-state index >= 15 is 0 Å². The fourth-order valence-electron chi connectivity index (χ4n) is 4.90. The van der Waals surface area contributed by atoms with Gasteiger partial charge in [0.25, 0.3) is 0 Å². The fourth-order valence-corrected chi connectivity index (χ4v) is 4.90. The van der Waals surface area contributed by atoms with Crippen LogP contribution >= 0.6 is 0 Å². The summed E-state index contributed by atoms with van der Waals surface area (Å²) in [6.45, 7) is 1.70. The molecule has 0 unspecified atom stereocenters. The van der Waals surface area contributed by atoms with Gasteiger partial charge in [-0.15, -0.1) is 0 Å². The number of aromatic nitrogens is 1. The van der Waals surface area contributed by atoms with Gasteiger partial charge in [-0.3, -0.25) is 14.7 Å². The number of aliphatic hydroxyl groups is 1. The number of halogens is 1. The first-order chi connectivity index (χ1) is 13.5. The van der Waals surface area contributed by atoms with Gasteiger partial charge in [0.1, 0.15) is 5.82 Å². The molecule has 2 saturated heterocycles. The van der Waals surface area contributed by atoms with Crippen molar-refractivity contribution in [3.8, 4) is 0 Å². The van der Waals surface area contributed by atoms with E-state index < -0.39 is 11.5 Å². The highest BCUT2D eigenvalue weighted by atomic mass is 19.1. The normalized spacial score (nSPS) is 28.7. The zero-order valence-electron chi connectivity index (χ0n) is 16.1. The Morgan fingerprint density at radius 2 is 2.04 bits per heavy atom. The first-order valence-electron chi connectivity index (χ1n) is 9.82. The Balaban J connectivity index is 1.54. The lowest BCUT2D eigenvalue weighted by Crippen LogP contribution is -2.59. The maximum Gasteiger partial charge on any atom is 0.230 e. The predicted molar refractivity (Wildman–Crippen MR) is 104 cm³/mol. The third kappa shape index (κ3) is 3.42. The van der Waals surface area contributed by atoms with Crippen LogP contribution < -0.4 is 0 Å². The lowest BCUT2D eigenvalue weighted by molar-refractivity contribution is -0.162. The number of carbonyl (C=O) groups is 1. The number of hydrogen-bond acceptors (Lipinski definition) is 4. The number of amides is 1. The van der Waals surface area contributed by atoms with Crippen LogP contribution in [0.25, 0.3) is 0 Å². The van der Waals surface area contributed by atoms with Gasteiger partial charge in [-0.2, -0.15) is 0 Å². The van der Waals surface area contributed by atoms with Crippen LogP contribution in [0.1, 0.15) is 36.6 Å². The van der Waals surface area contributed by atoms with Gasteiger partial charge in [0.05, 0.1) is 23.3 Å². The lowest BCUT2D eigenvalue weighted by atomic mass is 9.69. The molecule has 2 aliphatic heterocycles. The quantitative estimate of drug-likeness (QED) is 0.886. The molecule has 0 radical (unpaired) electrons. The number of benzene rings is 1. The van der Waals surface area contributed by atoms with E-state index in [1.807, 2.05) is 30.3 Å². The molecule has 1 aromatic heterocycles. The zero-order chi connectivity index (χ0) is 19.7. The molecule has 1 amide bonds. The van der Waals surface area contributed by atoms with E-state index in [0.29, 0.717) is 25.2 Å². The zero-order valence-corrected chi connectivity index (χ0v) is 16.1. The summed E-state index contributed by atoms with van der Waals surface area (Å²) in [5.41, 5.74) is 0.728. The second-order valence-electron chi connectivity index (χ2n) is 8.07. The standard InChI is InChI=1S/C22H26FN3O2/c1-25-20(16-7-3-2-4-8-16)19(27)13-22(21(25)28)10-6-12-26(15-22)14-18-17(23)9-5-11-24-18/h2-5,7-9,11,19-20,27H,6,10,12-15H2,1H3/t19-,20+,22-/m1/s1. The van der Waals surface area contributed by atoms with Crippen molar-refractivity contribution in [3.05, 3.63) is 65.7 Å². The number of rotatable bonds is 3. The molecule has 2 aliphatic rings. The molecule has 1 spiro atoms. The Kier molecular flexibility index (Phi) is 5.17. The summed E-state index contributed by atoms with van der Waals surface area (Å²) in [6.07, 6.45) is 2.98. The number of hydrogen-bond donors (Lipinski definition) is 1. The minimum absolute atomic E-state index is 0.0674. The summed E-state index contributed by atoms with van der Waals surface area (Å²) in [5.74, 6) is -0.253. The monoisotopic (exact) mass is 383 g/mol. The molecule has 3 heterocycles. The van der Waals surface area contributed by atoms with Crippen molar-refractivity contribution in [1.29, 1.82) is 0 Å². The number of nitrogens with zero attached hydrogens (tertiary/aromatic N) is 3. The van der Waals surface area contributed by atoms with E-state index in [1.165, 1.54) is 6.07 Å². The maximum atomic E-state index is 14.0. The van der Waals surface area contributed by atoms with Gasteiger partial charge in [-0.05, 0) is 43.5 Å². The Morgan fingerprint density at radius 1 is 1.25 bits per heavy atom. The minimum atomic E-state index is -0.628. The SMILES string of the molecule is CN1C(=O)[C@]2(CCCN(Cc3ncccc3F)C2)C[C@@H](O)[C@@H]1c1ccccc1.